The van der Waals surface area contributed by atoms with Crippen molar-refractivity contribution >= 4 is 27.5 Å². The summed E-state index contributed by atoms with van der Waals surface area (Å²) < 4.78 is 1.09. The second-order valence-electron chi connectivity index (χ2n) is 7.83. The van der Waals surface area contributed by atoms with Crippen LogP contribution in [0.25, 0.3) is 0 Å². The lowest BCUT2D eigenvalue weighted by atomic mass is 9.73. The Morgan fingerprint density at radius 2 is 1.96 bits per heavy atom. The highest BCUT2D eigenvalue weighted by atomic mass is 79.9. The van der Waals surface area contributed by atoms with E-state index in [4.69, 9.17) is 5.11 Å². The third-order valence-electron chi connectivity index (χ3n) is 5.48. The topological polar surface area (TPSA) is 43.8 Å². The van der Waals surface area contributed by atoms with Crippen molar-refractivity contribution in [1.82, 2.24) is 4.90 Å². The first-order valence-corrected chi connectivity index (χ1v) is 9.61. The van der Waals surface area contributed by atoms with Crippen molar-refractivity contribution in [3.8, 4) is 0 Å². The predicted molar refractivity (Wildman–Crippen MR) is 100 cm³/mol. The number of aliphatic hydroxyl groups excluding tert-OH is 1. The SMILES string of the molecule is CC1(C)CC2CN(C(=O)CCCO)C[C@H]1N(c1ccc(Br)cc1)C2. The summed E-state index contributed by atoms with van der Waals surface area (Å²) in [4.78, 5) is 17.1. The van der Waals surface area contributed by atoms with E-state index in [1.54, 1.807) is 0 Å². The van der Waals surface area contributed by atoms with E-state index in [1.165, 1.54) is 5.69 Å². The molecule has 0 radical (unpaired) electrons. The summed E-state index contributed by atoms with van der Waals surface area (Å²) in [6.07, 6.45) is 2.17. The standard InChI is InChI=1S/C19H27BrN2O2/c1-19(2)10-14-11-21(18(24)4-3-9-23)13-17(19)22(12-14)16-7-5-15(20)6-8-16/h5-8,14,17,23H,3-4,9-13H2,1-2H3/t14?,17-/m1/s1. The van der Waals surface area contributed by atoms with Crippen LogP contribution in [0.1, 0.15) is 33.1 Å². The predicted octanol–water partition coefficient (Wildman–Crippen LogP) is 3.28. The molecule has 0 aliphatic carbocycles. The molecule has 3 aliphatic heterocycles. The number of carbonyl (C=O) groups excluding carboxylic acids is 1. The van der Waals surface area contributed by atoms with Crippen LogP contribution in [-0.2, 0) is 4.79 Å². The Morgan fingerprint density at radius 1 is 1.25 bits per heavy atom. The molecule has 3 fully saturated rings. The minimum absolute atomic E-state index is 0.0863. The van der Waals surface area contributed by atoms with E-state index in [1.807, 2.05) is 4.90 Å². The van der Waals surface area contributed by atoms with E-state index >= 15 is 0 Å². The van der Waals surface area contributed by atoms with Gasteiger partial charge in [0.2, 0.25) is 5.91 Å². The van der Waals surface area contributed by atoms with Crippen LogP contribution in [0.4, 0.5) is 5.69 Å². The molecule has 4 nitrogen and oxygen atoms in total. The molecule has 1 amide bonds. The van der Waals surface area contributed by atoms with E-state index in [2.05, 4.69) is 58.9 Å². The third kappa shape index (κ3) is 3.62. The number of aliphatic hydroxyl groups is 1. The minimum Gasteiger partial charge on any atom is -0.396 e. The second-order valence-corrected chi connectivity index (χ2v) is 8.74. The number of anilines is 1. The van der Waals surface area contributed by atoms with Crippen LogP contribution in [0.5, 0.6) is 0 Å². The van der Waals surface area contributed by atoms with Crippen molar-refractivity contribution in [2.24, 2.45) is 11.3 Å². The largest absolute Gasteiger partial charge is 0.396 e. The Kier molecular flexibility index (Phi) is 5.21. The first-order valence-electron chi connectivity index (χ1n) is 8.81. The molecule has 4 rings (SSSR count). The van der Waals surface area contributed by atoms with Gasteiger partial charge in [-0.25, -0.2) is 0 Å². The van der Waals surface area contributed by atoms with Crippen LogP contribution in [0, 0.1) is 11.3 Å². The Hall–Kier alpha value is -1.07. The maximum absolute atomic E-state index is 12.5. The lowest BCUT2D eigenvalue weighted by molar-refractivity contribution is -0.131. The molecule has 132 valence electrons. The van der Waals surface area contributed by atoms with Crippen molar-refractivity contribution in [1.29, 1.82) is 0 Å². The van der Waals surface area contributed by atoms with E-state index in [0.717, 1.165) is 30.5 Å². The molecule has 3 saturated heterocycles. The first-order chi connectivity index (χ1) is 11.4. The molecule has 3 aliphatic rings. The van der Waals surface area contributed by atoms with Gasteiger partial charge in [0.1, 0.15) is 0 Å². The summed E-state index contributed by atoms with van der Waals surface area (Å²) in [5.41, 5.74) is 1.42. The molecule has 1 aromatic rings. The van der Waals surface area contributed by atoms with Crippen LogP contribution < -0.4 is 4.90 Å². The minimum atomic E-state index is 0.0863. The van der Waals surface area contributed by atoms with Crippen molar-refractivity contribution in [2.75, 3.05) is 31.1 Å². The second kappa shape index (κ2) is 7.04. The average Bonchev–Trinajstić information content (AvgIpc) is 2.80. The summed E-state index contributed by atoms with van der Waals surface area (Å²) in [5, 5.41) is 9.00. The van der Waals surface area contributed by atoms with Crippen molar-refractivity contribution in [3.63, 3.8) is 0 Å². The zero-order valence-electron chi connectivity index (χ0n) is 14.5. The molecule has 3 heterocycles. The summed E-state index contributed by atoms with van der Waals surface area (Å²) >= 11 is 3.51. The Bertz CT molecular complexity index is 588. The van der Waals surface area contributed by atoms with Gasteiger partial charge in [-0.1, -0.05) is 29.8 Å². The lowest BCUT2D eigenvalue weighted by Gasteiger charge is -2.48. The molecule has 0 aromatic heterocycles. The highest BCUT2D eigenvalue weighted by Crippen LogP contribution is 2.43. The molecule has 2 atom stereocenters. The van der Waals surface area contributed by atoms with Crippen molar-refractivity contribution < 1.29 is 9.90 Å². The highest BCUT2D eigenvalue weighted by Gasteiger charge is 2.46. The Morgan fingerprint density at radius 3 is 2.62 bits per heavy atom. The third-order valence-corrected chi connectivity index (χ3v) is 6.01. The van der Waals surface area contributed by atoms with Crippen LogP contribution >= 0.6 is 15.9 Å². The van der Waals surface area contributed by atoms with E-state index < -0.39 is 0 Å². The molecule has 24 heavy (non-hydrogen) atoms. The number of piperidine rings is 1. The number of halogens is 1. The number of nitrogens with zero attached hydrogens (tertiary/aromatic N) is 2. The van der Waals surface area contributed by atoms with E-state index in [0.29, 0.717) is 24.8 Å². The van der Waals surface area contributed by atoms with Gasteiger partial charge in [-0.15, -0.1) is 0 Å². The molecule has 1 aromatic carbocycles. The number of fused-ring (bicyclic) bond motifs is 4. The fourth-order valence-electron chi connectivity index (χ4n) is 4.34. The molecule has 0 spiro atoms. The monoisotopic (exact) mass is 394 g/mol. The molecule has 1 N–H and O–H groups in total. The summed E-state index contributed by atoms with van der Waals surface area (Å²) in [7, 11) is 0. The van der Waals surface area contributed by atoms with Gasteiger partial charge in [0, 0.05) is 42.8 Å². The van der Waals surface area contributed by atoms with Crippen molar-refractivity contribution in [2.45, 2.75) is 39.2 Å². The molecule has 2 bridgehead atoms. The number of benzene rings is 1. The summed E-state index contributed by atoms with van der Waals surface area (Å²) in [6.45, 7) is 7.39. The normalized spacial score (nSPS) is 25.7. The highest BCUT2D eigenvalue weighted by molar-refractivity contribution is 9.10. The summed E-state index contributed by atoms with van der Waals surface area (Å²) in [6, 6.07) is 8.84. The number of carbonyl (C=O) groups is 1. The lowest BCUT2D eigenvalue weighted by Crippen LogP contribution is -2.54. The van der Waals surface area contributed by atoms with Crippen LogP contribution in [0.2, 0.25) is 0 Å². The van der Waals surface area contributed by atoms with Crippen LogP contribution in [0.15, 0.2) is 28.7 Å². The molecule has 1 unspecified atom stereocenters. The fourth-order valence-corrected chi connectivity index (χ4v) is 4.61. The van der Waals surface area contributed by atoms with Crippen LogP contribution in [0.3, 0.4) is 0 Å². The average molecular weight is 395 g/mol. The van der Waals surface area contributed by atoms with Gasteiger partial charge in [-0.2, -0.15) is 0 Å². The van der Waals surface area contributed by atoms with Crippen molar-refractivity contribution in [3.05, 3.63) is 28.7 Å². The van der Waals surface area contributed by atoms with E-state index in [-0.39, 0.29) is 17.9 Å². The summed E-state index contributed by atoms with van der Waals surface area (Å²) in [5.74, 6) is 0.690. The zero-order valence-corrected chi connectivity index (χ0v) is 16.1. The maximum atomic E-state index is 12.5. The zero-order chi connectivity index (χ0) is 17.3. The smallest absolute Gasteiger partial charge is 0.222 e. The molecular formula is C19H27BrN2O2. The number of rotatable bonds is 4. The Labute approximate surface area is 153 Å². The maximum Gasteiger partial charge on any atom is 0.222 e. The van der Waals surface area contributed by atoms with Gasteiger partial charge >= 0.3 is 0 Å². The fraction of sp³-hybridized carbons (Fsp3) is 0.632. The van der Waals surface area contributed by atoms with Gasteiger partial charge in [-0.3, -0.25) is 4.79 Å². The van der Waals surface area contributed by atoms with Gasteiger partial charge < -0.3 is 14.9 Å². The number of hydrogen-bond acceptors (Lipinski definition) is 3. The quantitative estimate of drug-likeness (QED) is 0.851. The Balaban J connectivity index is 1.84. The van der Waals surface area contributed by atoms with Gasteiger partial charge in [-0.05, 0) is 48.4 Å². The van der Waals surface area contributed by atoms with Gasteiger partial charge in [0.15, 0.2) is 0 Å². The first kappa shape index (κ1) is 17.7. The molecule has 0 saturated carbocycles. The van der Waals surface area contributed by atoms with Gasteiger partial charge in [0.25, 0.3) is 0 Å². The molecule has 5 heteroatoms. The van der Waals surface area contributed by atoms with Gasteiger partial charge in [0.05, 0.1) is 6.04 Å². The van der Waals surface area contributed by atoms with E-state index in [9.17, 15) is 4.79 Å². The number of amides is 1. The van der Waals surface area contributed by atoms with Crippen LogP contribution in [-0.4, -0.2) is 48.2 Å². The number of hydrogen-bond donors (Lipinski definition) is 1. The molecular weight excluding hydrogens is 368 g/mol.